The van der Waals surface area contributed by atoms with Crippen LogP contribution in [0.15, 0.2) is 29.4 Å². The van der Waals surface area contributed by atoms with Gasteiger partial charge in [0.05, 0.1) is 7.11 Å². The van der Waals surface area contributed by atoms with Crippen molar-refractivity contribution in [3.63, 3.8) is 0 Å². The molecule has 7 heteroatoms. The summed E-state index contributed by atoms with van der Waals surface area (Å²) in [7, 11) is 3.57. The molecule has 0 radical (unpaired) electrons. The van der Waals surface area contributed by atoms with Gasteiger partial charge >= 0.3 is 0 Å². The molecule has 0 saturated carbocycles. The summed E-state index contributed by atoms with van der Waals surface area (Å²) in [4.78, 5) is 10.8. The van der Waals surface area contributed by atoms with Gasteiger partial charge in [0.1, 0.15) is 5.75 Å². The van der Waals surface area contributed by atoms with Crippen molar-refractivity contribution in [3.8, 4) is 17.1 Å². The number of ether oxygens (including phenoxy) is 1. The van der Waals surface area contributed by atoms with E-state index >= 15 is 0 Å². The van der Waals surface area contributed by atoms with E-state index < -0.39 is 0 Å². The maximum absolute atomic E-state index is 10.8. The molecular formula is C14H18N4O2S. The number of aromatic nitrogens is 3. The molecule has 0 aliphatic rings. The second kappa shape index (κ2) is 7.12. The lowest BCUT2D eigenvalue weighted by atomic mass is 10.2. The fourth-order valence-corrected chi connectivity index (χ4v) is 2.57. The number of nitrogens with zero attached hydrogens (tertiary/aromatic N) is 3. The van der Waals surface area contributed by atoms with E-state index in [1.165, 1.54) is 6.92 Å². The average molecular weight is 306 g/mol. The summed E-state index contributed by atoms with van der Waals surface area (Å²) in [6.07, 6.45) is 0. The number of carbonyl (C=O) groups excluding carboxylic acids is 1. The summed E-state index contributed by atoms with van der Waals surface area (Å²) in [5, 5.41) is 12.0. The minimum Gasteiger partial charge on any atom is -0.497 e. The molecule has 1 amide bonds. The van der Waals surface area contributed by atoms with Crippen LogP contribution in [0.25, 0.3) is 11.4 Å². The van der Waals surface area contributed by atoms with Crippen molar-refractivity contribution in [2.75, 3.05) is 19.4 Å². The Bertz CT molecular complexity index is 610. The molecule has 1 heterocycles. The van der Waals surface area contributed by atoms with Crippen molar-refractivity contribution < 1.29 is 9.53 Å². The molecule has 1 aromatic carbocycles. The van der Waals surface area contributed by atoms with Crippen molar-refractivity contribution in [3.05, 3.63) is 24.3 Å². The first-order valence-electron chi connectivity index (χ1n) is 6.53. The van der Waals surface area contributed by atoms with E-state index in [1.807, 2.05) is 35.9 Å². The van der Waals surface area contributed by atoms with Gasteiger partial charge in [0.2, 0.25) is 5.91 Å². The zero-order chi connectivity index (χ0) is 15.2. The molecule has 0 spiro atoms. The van der Waals surface area contributed by atoms with Gasteiger partial charge in [-0.1, -0.05) is 11.8 Å². The molecule has 0 bridgehead atoms. The quantitative estimate of drug-likeness (QED) is 0.650. The standard InChI is InChI=1S/C14H18N4O2S/c1-10(19)15-8-9-21-14-17-16-13(18(14)2)11-4-6-12(20-3)7-5-11/h4-7H,8-9H2,1-3H3,(H,15,19). The van der Waals surface area contributed by atoms with Crippen LogP contribution < -0.4 is 10.1 Å². The van der Waals surface area contributed by atoms with E-state index in [0.717, 1.165) is 28.0 Å². The Morgan fingerprint density at radius 2 is 2.05 bits per heavy atom. The smallest absolute Gasteiger partial charge is 0.216 e. The van der Waals surface area contributed by atoms with Crippen LogP contribution in [-0.4, -0.2) is 40.1 Å². The summed E-state index contributed by atoms with van der Waals surface area (Å²) in [5.74, 6) is 2.35. The minimum absolute atomic E-state index is 0.0208. The van der Waals surface area contributed by atoms with Crippen molar-refractivity contribution in [1.82, 2.24) is 20.1 Å². The highest BCUT2D eigenvalue weighted by Crippen LogP contribution is 2.24. The molecule has 2 rings (SSSR count). The number of hydrogen-bond acceptors (Lipinski definition) is 5. The third-order valence-electron chi connectivity index (χ3n) is 2.89. The first-order chi connectivity index (χ1) is 10.1. The highest BCUT2D eigenvalue weighted by Gasteiger charge is 2.11. The monoisotopic (exact) mass is 306 g/mol. The number of amides is 1. The molecule has 0 unspecified atom stereocenters. The van der Waals surface area contributed by atoms with Crippen LogP contribution in [-0.2, 0) is 11.8 Å². The predicted octanol–water partition coefficient (Wildman–Crippen LogP) is 1.72. The first-order valence-corrected chi connectivity index (χ1v) is 7.51. The average Bonchev–Trinajstić information content (AvgIpc) is 2.85. The van der Waals surface area contributed by atoms with Gasteiger partial charge in [0, 0.05) is 31.8 Å². The van der Waals surface area contributed by atoms with Gasteiger partial charge in [0.25, 0.3) is 0 Å². The van der Waals surface area contributed by atoms with Crippen LogP contribution in [0.1, 0.15) is 6.92 Å². The van der Waals surface area contributed by atoms with Gasteiger partial charge in [0.15, 0.2) is 11.0 Å². The Kier molecular flexibility index (Phi) is 5.21. The molecule has 112 valence electrons. The summed E-state index contributed by atoms with van der Waals surface area (Å²) >= 11 is 1.56. The van der Waals surface area contributed by atoms with E-state index in [9.17, 15) is 4.79 Å². The van der Waals surface area contributed by atoms with E-state index in [1.54, 1.807) is 18.9 Å². The number of rotatable bonds is 6. The molecule has 1 N–H and O–H groups in total. The second-order valence-electron chi connectivity index (χ2n) is 4.43. The molecule has 2 aromatic rings. The first kappa shape index (κ1) is 15.4. The Morgan fingerprint density at radius 1 is 1.33 bits per heavy atom. The maximum atomic E-state index is 10.8. The van der Waals surface area contributed by atoms with Gasteiger partial charge in [-0.05, 0) is 24.3 Å². The van der Waals surface area contributed by atoms with Crippen LogP contribution in [0.5, 0.6) is 5.75 Å². The number of benzene rings is 1. The van der Waals surface area contributed by atoms with Crippen molar-refractivity contribution >= 4 is 17.7 Å². The molecule has 6 nitrogen and oxygen atoms in total. The fourth-order valence-electron chi connectivity index (χ4n) is 1.80. The van der Waals surface area contributed by atoms with Crippen LogP contribution >= 0.6 is 11.8 Å². The van der Waals surface area contributed by atoms with Crippen LogP contribution in [0.2, 0.25) is 0 Å². The lowest BCUT2D eigenvalue weighted by Gasteiger charge is -2.05. The summed E-state index contributed by atoms with van der Waals surface area (Å²) in [6, 6.07) is 7.70. The molecular weight excluding hydrogens is 288 g/mol. The zero-order valence-corrected chi connectivity index (χ0v) is 13.1. The van der Waals surface area contributed by atoms with Gasteiger partial charge in [-0.2, -0.15) is 0 Å². The Balaban J connectivity index is 2.03. The maximum Gasteiger partial charge on any atom is 0.216 e. The molecule has 21 heavy (non-hydrogen) atoms. The number of nitrogens with one attached hydrogen (secondary N) is 1. The second-order valence-corrected chi connectivity index (χ2v) is 5.49. The third kappa shape index (κ3) is 3.98. The number of hydrogen-bond donors (Lipinski definition) is 1. The Morgan fingerprint density at radius 3 is 2.67 bits per heavy atom. The van der Waals surface area contributed by atoms with E-state index in [-0.39, 0.29) is 5.91 Å². The zero-order valence-electron chi connectivity index (χ0n) is 12.3. The molecule has 0 aliphatic heterocycles. The van der Waals surface area contributed by atoms with Crippen molar-refractivity contribution in [1.29, 1.82) is 0 Å². The molecule has 0 atom stereocenters. The van der Waals surface area contributed by atoms with Gasteiger partial charge < -0.3 is 14.6 Å². The number of carbonyl (C=O) groups is 1. The molecule has 1 aromatic heterocycles. The van der Waals surface area contributed by atoms with Crippen molar-refractivity contribution in [2.45, 2.75) is 12.1 Å². The van der Waals surface area contributed by atoms with E-state index in [2.05, 4.69) is 15.5 Å². The topological polar surface area (TPSA) is 69.0 Å². The summed E-state index contributed by atoms with van der Waals surface area (Å²) < 4.78 is 7.09. The highest BCUT2D eigenvalue weighted by atomic mass is 32.2. The lowest BCUT2D eigenvalue weighted by molar-refractivity contribution is -0.118. The van der Waals surface area contributed by atoms with Gasteiger partial charge in [-0.15, -0.1) is 10.2 Å². The Labute approximate surface area is 127 Å². The van der Waals surface area contributed by atoms with Gasteiger partial charge in [-0.25, -0.2) is 0 Å². The molecule has 0 saturated heterocycles. The number of thioether (sulfide) groups is 1. The van der Waals surface area contributed by atoms with E-state index in [0.29, 0.717) is 6.54 Å². The highest BCUT2D eigenvalue weighted by molar-refractivity contribution is 7.99. The summed E-state index contributed by atoms with van der Waals surface area (Å²) in [5.41, 5.74) is 0.986. The minimum atomic E-state index is -0.0208. The third-order valence-corrected chi connectivity index (χ3v) is 3.91. The fraction of sp³-hybridized carbons (Fsp3) is 0.357. The van der Waals surface area contributed by atoms with E-state index in [4.69, 9.17) is 4.74 Å². The normalized spacial score (nSPS) is 10.4. The largest absolute Gasteiger partial charge is 0.497 e. The molecule has 0 aliphatic carbocycles. The summed E-state index contributed by atoms with van der Waals surface area (Å²) in [6.45, 7) is 2.12. The molecule has 0 fully saturated rings. The van der Waals surface area contributed by atoms with Crippen LogP contribution in [0.4, 0.5) is 0 Å². The SMILES string of the molecule is COc1ccc(-c2nnc(SCCNC(C)=O)n2C)cc1. The van der Waals surface area contributed by atoms with Crippen LogP contribution in [0, 0.1) is 0 Å². The number of methoxy groups -OCH3 is 1. The Hall–Kier alpha value is -2.02. The lowest BCUT2D eigenvalue weighted by Crippen LogP contribution is -2.22. The predicted molar refractivity (Wildman–Crippen MR) is 82.4 cm³/mol. The van der Waals surface area contributed by atoms with Crippen molar-refractivity contribution in [2.24, 2.45) is 7.05 Å². The van der Waals surface area contributed by atoms with Gasteiger partial charge in [-0.3, -0.25) is 4.79 Å². The van der Waals surface area contributed by atoms with Crippen LogP contribution in [0.3, 0.4) is 0 Å².